The summed E-state index contributed by atoms with van der Waals surface area (Å²) in [5, 5.41) is 2.90. The summed E-state index contributed by atoms with van der Waals surface area (Å²) in [6.45, 7) is 4.66. The number of anilines is 1. The molecule has 0 spiro atoms. The molecular weight excluding hydrogens is 358 g/mol. The van der Waals surface area contributed by atoms with Gasteiger partial charge in [-0.3, -0.25) is 9.59 Å². The number of nitrogens with one attached hydrogen (secondary N) is 1. The zero-order valence-electron chi connectivity index (χ0n) is 17.0. The van der Waals surface area contributed by atoms with E-state index in [-0.39, 0.29) is 18.4 Å². The third-order valence-electron chi connectivity index (χ3n) is 5.83. The summed E-state index contributed by atoms with van der Waals surface area (Å²) in [5.74, 6) is -0.770. The van der Waals surface area contributed by atoms with Crippen molar-refractivity contribution >= 4 is 23.5 Å². The van der Waals surface area contributed by atoms with E-state index in [4.69, 9.17) is 10.5 Å². The molecule has 1 heterocycles. The number of piperidine rings is 1. The summed E-state index contributed by atoms with van der Waals surface area (Å²) < 4.78 is 4.86. The molecule has 0 radical (unpaired) electrons. The number of methoxy groups -OCH3 is 1. The summed E-state index contributed by atoms with van der Waals surface area (Å²) >= 11 is 0. The molecule has 1 saturated heterocycles. The Morgan fingerprint density at radius 2 is 1.96 bits per heavy atom. The highest BCUT2D eigenvalue weighted by molar-refractivity contribution is 6.00. The maximum absolute atomic E-state index is 13.0. The standard InChI is InChI=1S/C21H31N3O4/c1-4-21(5-2,14-22)20(27)23-16-10-8-9-15(13-16)18(25)24-12-7-6-11-17(24)19(26)28-3/h8-10,13,17H,4-7,11-12,14,22H2,1-3H3,(H,23,27). The summed E-state index contributed by atoms with van der Waals surface area (Å²) in [6.07, 6.45) is 3.61. The fraction of sp³-hybridized carbons (Fsp3) is 0.571. The molecule has 2 rings (SSSR count). The molecule has 1 fully saturated rings. The van der Waals surface area contributed by atoms with Gasteiger partial charge in [-0.05, 0) is 50.3 Å². The van der Waals surface area contributed by atoms with Crippen molar-refractivity contribution in [2.75, 3.05) is 25.5 Å². The zero-order chi connectivity index (χ0) is 20.7. The highest BCUT2D eigenvalue weighted by Crippen LogP contribution is 2.27. The van der Waals surface area contributed by atoms with Gasteiger partial charge in [0.05, 0.1) is 12.5 Å². The van der Waals surface area contributed by atoms with E-state index in [0.29, 0.717) is 37.1 Å². The molecule has 7 heteroatoms. The lowest BCUT2D eigenvalue weighted by molar-refractivity contribution is -0.147. The fourth-order valence-electron chi connectivity index (χ4n) is 3.67. The minimum absolute atomic E-state index is 0.144. The SMILES string of the molecule is CCC(CC)(CN)C(=O)Nc1cccc(C(=O)N2CCCCC2C(=O)OC)c1. The average Bonchev–Trinajstić information content (AvgIpc) is 2.74. The number of carbonyl (C=O) groups is 3. The van der Waals surface area contributed by atoms with E-state index < -0.39 is 17.4 Å². The number of hydrogen-bond donors (Lipinski definition) is 2. The topological polar surface area (TPSA) is 102 Å². The molecule has 1 aliphatic heterocycles. The molecule has 7 nitrogen and oxygen atoms in total. The third-order valence-corrected chi connectivity index (χ3v) is 5.83. The first-order valence-electron chi connectivity index (χ1n) is 9.92. The number of benzene rings is 1. The summed E-state index contributed by atoms with van der Waals surface area (Å²) in [5.41, 5.74) is 6.20. The second-order valence-corrected chi connectivity index (χ2v) is 7.26. The number of esters is 1. The van der Waals surface area contributed by atoms with Gasteiger partial charge in [-0.1, -0.05) is 19.9 Å². The second kappa shape index (κ2) is 9.68. The first-order valence-corrected chi connectivity index (χ1v) is 9.92. The van der Waals surface area contributed by atoms with Gasteiger partial charge >= 0.3 is 5.97 Å². The maximum atomic E-state index is 13.0. The molecule has 0 saturated carbocycles. The van der Waals surface area contributed by atoms with Crippen LogP contribution < -0.4 is 11.1 Å². The van der Waals surface area contributed by atoms with E-state index in [1.165, 1.54) is 7.11 Å². The molecule has 0 aliphatic carbocycles. The number of ether oxygens (including phenoxy) is 1. The minimum Gasteiger partial charge on any atom is -0.467 e. The van der Waals surface area contributed by atoms with Gasteiger partial charge in [0, 0.05) is 24.3 Å². The lowest BCUT2D eigenvalue weighted by Crippen LogP contribution is -2.48. The first-order chi connectivity index (χ1) is 13.4. The van der Waals surface area contributed by atoms with Gasteiger partial charge in [0.25, 0.3) is 5.91 Å². The Hall–Kier alpha value is -2.41. The predicted molar refractivity (Wildman–Crippen MR) is 108 cm³/mol. The molecule has 1 aromatic rings. The Labute approximate surface area is 166 Å². The molecule has 2 amide bonds. The molecule has 0 bridgehead atoms. The molecule has 1 atom stereocenters. The van der Waals surface area contributed by atoms with E-state index in [9.17, 15) is 14.4 Å². The van der Waals surface area contributed by atoms with E-state index >= 15 is 0 Å². The molecule has 1 aromatic carbocycles. The summed E-state index contributed by atoms with van der Waals surface area (Å²) in [7, 11) is 1.33. The Bertz CT molecular complexity index is 707. The van der Waals surface area contributed by atoms with Crippen LogP contribution in [0.4, 0.5) is 5.69 Å². The third kappa shape index (κ3) is 4.52. The van der Waals surface area contributed by atoms with Crippen LogP contribution in [0.1, 0.15) is 56.3 Å². The fourth-order valence-corrected chi connectivity index (χ4v) is 3.67. The van der Waals surface area contributed by atoms with Crippen molar-refractivity contribution < 1.29 is 19.1 Å². The van der Waals surface area contributed by atoms with Crippen molar-refractivity contribution in [3.8, 4) is 0 Å². The van der Waals surface area contributed by atoms with E-state index in [2.05, 4.69) is 5.32 Å². The quantitative estimate of drug-likeness (QED) is 0.698. The van der Waals surface area contributed by atoms with Crippen LogP contribution >= 0.6 is 0 Å². The lowest BCUT2D eigenvalue weighted by Gasteiger charge is -2.34. The number of likely N-dealkylation sites (tertiary alicyclic amines) is 1. The van der Waals surface area contributed by atoms with E-state index in [0.717, 1.165) is 12.8 Å². The van der Waals surface area contributed by atoms with Crippen molar-refractivity contribution in [2.45, 2.75) is 52.0 Å². The molecule has 1 aliphatic rings. The Kier molecular flexibility index (Phi) is 7.57. The van der Waals surface area contributed by atoms with Crippen LogP contribution in [-0.2, 0) is 14.3 Å². The Balaban J connectivity index is 2.21. The molecule has 28 heavy (non-hydrogen) atoms. The number of nitrogens with zero attached hydrogens (tertiary/aromatic N) is 1. The van der Waals surface area contributed by atoms with E-state index in [1.807, 2.05) is 13.8 Å². The monoisotopic (exact) mass is 389 g/mol. The highest BCUT2D eigenvalue weighted by atomic mass is 16.5. The minimum atomic E-state index is -0.622. The van der Waals surface area contributed by atoms with Crippen LogP contribution in [0.15, 0.2) is 24.3 Å². The number of rotatable bonds is 7. The highest BCUT2D eigenvalue weighted by Gasteiger charge is 2.35. The van der Waals surface area contributed by atoms with Gasteiger partial charge in [0.2, 0.25) is 5.91 Å². The van der Waals surface area contributed by atoms with Crippen LogP contribution in [0, 0.1) is 5.41 Å². The van der Waals surface area contributed by atoms with Gasteiger partial charge in [-0.15, -0.1) is 0 Å². The van der Waals surface area contributed by atoms with Crippen LogP contribution in [0.5, 0.6) is 0 Å². The van der Waals surface area contributed by atoms with Crippen molar-refractivity contribution in [3.05, 3.63) is 29.8 Å². The molecular formula is C21H31N3O4. The first kappa shape index (κ1) is 21.9. The van der Waals surface area contributed by atoms with Crippen molar-refractivity contribution in [2.24, 2.45) is 11.1 Å². The van der Waals surface area contributed by atoms with Gasteiger partial charge in [0.15, 0.2) is 0 Å². The Morgan fingerprint density at radius 3 is 2.57 bits per heavy atom. The smallest absolute Gasteiger partial charge is 0.328 e. The maximum Gasteiger partial charge on any atom is 0.328 e. The van der Waals surface area contributed by atoms with Gasteiger partial charge in [-0.25, -0.2) is 4.79 Å². The number of hydrogen-bond acceptors (Lipinski definition) is 5. The van der Waals surface area contributed by atoms with Crippen LogP contribution in [0.3, 0.4) is 0 Å². The van der Waals surface area contributed by atoms with Crippen LogP contribution in [0.25, 0.3) is 0 Å². The van der Waals surface area contributed by atoms with E-state index in [1.54, 1.807) is 29.2 Å². The lowest BCUT2D eigenvalue weighted by atomic mass is 9.81. The normalized spacial score (nSPS) is 17.1. The summed E-state index contributed by atoms with van der Waals surface area (Å²) in [4.78, 5) is 39.4. The van der Waals surface area contributed by atoms with Gasteiger partial charge < -0.3 is 20.7 Å². The molecule has 1 unspecified atom stereocenters. The molecule has 0 aromatic heterocycles. The Morgan fingerprint density at radius 1 is 1.25 bits per heavy atom. The predicted octanol–water partition coefficient (Wildman–Crippen LogP) is 2.56. The molecule has 3 N–H and O–H groups in total. The van der Waals surface area contributed by atoms with Gasteiger partial charge in [0.1, 0.15) is 6.04 Å². The zero-order valence-corrected chi connectivity index (χ0v) is 17.0. The molecule has 154 valence electrons. The number of nitrogens with two attached hydrogens (primary N) is 1. The largest absolute Gasteiger partial charge is 0.467 e. The van der Waals surface area contributed by atoms with Gasteiger partial charge in [-0.2, -0.15) is 0 Å². The number of carbonyl (C=O) groups excluding carboxylic acids is 3. The average molecular weight is 389 g/mol. The van der Waals surface area contributed by atoms with Crippen molar-refractivity contribution in [3.63, 3.8) is 0 Å². The van der Waals surface area contributed by atoms with Crippen LogP contribution in [-0.4, -0.2) is 48.9 Å². The van der Waals surface area contributed by atoms with Crippen LogP contribution in [0.2, 0.25) is 0 Å². The van der Waals surface area contributed by atoms with Crippen molar-refractivity contribution in [1.82, 2.24) is 4.90 Å². The summed E-state index contributed by atoms with van der Waals surface area (Å²) in [6, 6.07) is 6.25. The number of amides is 2. The van der Waals surface area contributed by atoms with Crippen molar-refractivity contribution in [1.29, 1.82) is 0 Å². The second-order valence-electron chi connectivity index (χ2n) is 7.26.